The molecule has 0 bridgehead atoms. The average molecular weight is 283 g/mol. The number of rotatable bonds is 5. The van der Waals surface area contributed by atoms with Crippen LogP contribution in [0, 0.1) is 6.92 Å². The van der Waals surface area contributed by atoms with Crippen molar-refractivity contribution in [3.63, 3.8) is 0 Å². The fraction of sp³-hybridized carbons (Fsp3) is 0.308. The molecule has 0 atom stereocenters. The average Bonchev–Trinajstić information content (AvgIpc) is 2.77. The van der Waals surface area contributed by atoms with E-state index in [0.29, 0.717) is 24.3 Å². The van der Waals surface area contributed by atoms with Crippen molar-refractivity contribution < 1.29 is 8.78 Å². The number of aromatic nitrogens is 1. The molecule has 1 heterocycles. The highest BCUT2D eigenvalue weighted by atomic mass is 32.1. The second-order valence-electron chi connectivity index (χ2n) is 4.21. The first kappa shape index (κ1) is 13.7. The van der Waals surface area contributed by atoms with Gasteiger partial charge in [0.1, 0.15) is 0 Å². The van der Waals surface area contributed by atoms with E-state index in [1.165, 1.54) is 6.07 Å². The molecular weight excluding hydrogens is 268 g/mol. The zero-order valence-electron chi connectivity index (χ0n) is 10.5. The van der Waals surface area contributed by atoms with E-state index in [-0.39, 0.29) is 5.56 Å². The van der Waals surface area contributed by atoms with Crippen LogP contribution in [0.4, 0.5) is 20.2 Å². The van der Waals surface area contributed by atoms with E-state index >= 15 is 0 Å². The van der Waals surface area contributed by atoms with Gasteiger partial charge in [-0.25, -0.2) is 13.8 Å². The number of nitrogen functional groups attached to an aromatic ring is 1. The Bertz CT molecular complexity index is 555. The number of benzene rings is 1. The number of hydrogen-bond acceptors (Lipinski definition) is 4. The van der Waals surface area contributed by atoms with Gasteiger partial charge in [-0.1, -0.05) is 0 Å². The SMILES string of the molecule is Cc1csc(CCNc2ccc(N)cc2C(F)F)n1. The Labute approximate surface area is 114 Å². The van der Waals surface area contributed by atoms with Gasteiger partial charge in [0.15, 0.2) is 0 Å². The molecular formula is C13H15F2N3S. The number of anilines is 2. The minimum absolute atomic E-state index is 0.0599. The quantitative estimate of drug-likeness (QED) is 0.824. The third-order valence-electron chi connectivity index (χ3n) is 2.63. The summed E-state index contributed by atoms with van der Waals surface area (Å²) in [5.74, 6) is 0. The molecule has 1 aromatic carbocycles. The van der Waals surface area contributed by atoms with Crippen LogP contribution >= 0.6 is 11.3 Å². The summed E-state index contributed by atoms with van der Waals surface area (Å²) in [6.07, 6.45) is -1.82. The molecule has 0 fully saturated rings. The molecule has 2 rings (SSSR count). The third-order valence-corrected chi connectivity index (χ3v) is 3.66. The van der Waals surface area contributed by atoms with Crippen molar-refractivity contribution in [2.45, 2.75) is 19.8 Å². The lowest BCUT2D eigenvalue weighted by molar-refractivity contribution is 0.152. The van der Waals surface area contributed by atoms with E-state index in [2.05, 4.69) is 10.3 Å². The normalized spacial score (nSPS) is 10.9. The Morgan fingerprint density at radius 3 is 2.84 bits per heavy atom. The van der Waals surface area contributed by atoms with Gasteiger partial charge >= 0.3 is 0 Å². The third kappa shape index (κ3) is 3.64. The molecule has 102 valence electrons. The Kier molecular flexibility index (Phi) is 4.31. The van der Waals surface area contributed by atoms with Gasteiger partial charge in [0.2, 0.25) is 0 Å². The minimum Gasteiger partial charge on any atom is -0.399 e. The second kappa shape index (κ2) is 5.97. The van der Waals surface area contributed by atoms with Gasteiger partial charge in [0.05, 0.1) is 5.01 Å². The van der Waals surface area contributed by atoms with Crippen LogP contribution < -0.4 is 11.1 Å². The number of nitrogens with two attached hydrogens (primary N) is 1. The van der Waals surface area contributed by atoms with Gasteiger partial charge in [-0.3, -0.25) is 0 Å². The largest absolute Gasteiger partial charge is 0.399 e. The molecule has 2 aromatic rings. The highest BCUT2D eigenvalue weighted by molar-refractivity contribution is 7.09. The molecule has 1 aromatic heterocycles. The summed E-state index contributed by atoms with van der Waals surface area (Å²) in [6.45, 7) is 2.50. The highest BCUT2D eigenvalue weighted by Gasteiger charge is 2.13. The number of nitrogens with zero attached hydrogens (tertiary/aromatic N) is 1. The highest BCUT2D eigenvalue weighted by Crippen LogP contribution is 2.28. The number of thiazole rings is 1. The lowest BCUT2D eigenvalue weighted by Gasteiger charge is -2.11. The van der Waals surface area contributed by atoms with Crippen molar-refractivity contribution in [2.24, 2.45) is 0 Å². The molecule has 0 unspecified atom stereocenters. The molecule has 0 amide bonds. The Morgan fingerprint density at radius 1 is 1.42 bits per heavy atom. The topological polar surface area (TPSA) is 50.9 Å². The minimum atomic E-state index is -2.53. The fourth-order valence-electron chi connectivity index (χ4n) is 1.74. The van der Waals surface area contributed by atoms with Crippen molar-refractivity contribution in [3.8, 4) is 0 Å². The van der Waals surface area contributed by atoms with E-state index < -0.39 is 6.43 Å². The van der Waals surface area contributed by atoms with Crippen LogP contribution in [0.2, 0.25) is 0 Å². The van der Waals surface area contributed by atoms with E-state index in [0.717, 1.165) is 10.7 Å². The molecule has 0 aliphatic carbocycles. The maximum Gasteiger partial charge on any atom is 0.265 e. The van der Waals surface area contributed by atoms with Crippen LogP contribution in [0.25, 0.3) is 0 Å². The molecule has 0 spiro atoms. The van der Waals surface area contributed by atoms with E-state index in [4.69, 9.17) is 5.73 Å². The molecule has 19 heavy (non-hydrogen) atoms. The molecule has 6 heteroatoms. The van der Waals surface area contributed by atoms with Crippen LogP contribution in [0.3, 0.4) is 0 Å². The standard InChI is InChI=1S/C13H15F2N3S/c1-8-7-19-12(18-8)4-5-17-11-3-2-9(16)6-10(11)13(14)15/h2-3,6-7,13,17H,4-5,16H2,1H3. The van der Waals surface area contributed by atoms with Crippen molar-refractivity contribution in [3.05, 3.63) is 39.8 Å². The first-order valence-corrected chi connectivity index (χ1v) is 6.76. The summed E-state index contributed by atoms with van der Waals surface area (Å²) in [5, 5.41) is 5.99. The summed E-state index contributed by atoms with van der Waals surface area (Å²) in [7, 11) is 0. The van der Waals surface area contributed by atoms with Crippen LogP contribution in [-0.4, -0.2) is 11.5 Å². The molecule has 0 saturated heterocycles. The Hall–Kier alpha value is -1.69. The number of halogens is 2. The summed E-state index contributed by atoms with van der Waals surface area (Å²) in [4.78, 5) is 4.32. The monoisotopic (exact) mass is 283 g/mol. The van der Waals surface area contributed by atoms with Gasteiger partial charge in [0.25, 0.3) is 6.43 Å². The summed E-state index contributed by atoms with van der Waals surface area (Å²) in [5.41, 5.74) is 7.22. The van der Waals surface area contributed by atoms with Gasteiger partial charge in [0, 0.05) is 41.0 Å². The molecule has 0 aliphatic rings. The number of aryl methyl sites for hydroxylation is 1. The Balaban J connectivity index is 1.99. The first-order chi connectivity index (χ1) is 9.06. The maximum absolute atomic E-state index is 12.9. The maximum atomic E-state index is 12.9. The predicted molar refractivity (Wildman–Crippen MR) is 74.9 cm³/mol. The lowest BCUT2D eigenvalue weighted by atomic mass is 10.1. The van der Waals surface area contributed by atoms with Crippen LogP contribution in [0.1, 0.15) is 22.7 Å². The van der Waals surface area contributed by atoms with Crippen molar-refractivity contribution in [1.29, 1.82) is 0 Å². The van der Waals surface area contributed by atoms with Crippen LogP contribution in [0.15, 0.2) is 23.6 Å². The first-order valence-electron chi connectivity index (χ1n) is 5.88. The van der Waals surface area contributed by atoms with Crippen LogP contribution in [-0.2, 0) is 6.42 Å². The number of alkyl halides is 2. The van der Waals surface area contributed by atoms with Crippen molar-refractivity contribution in [2.75, 3.05) is 17.6 Å². The zero-order valence-corrected chi connectivity index (χ0v) is 11.3. The summed E-state index contributed by atoms with van der Waals surface area (Å²) in [6, 6.07) is 4.51. The number of nitrogens with one attached hydrogen (secondary N) is 1. The van der Waals surface area contributed by atoms with E-state index in [9.17, 15) is 8.78 Å². The molecule has 0 aliphatic heterocycles. The number of hydrogen-bond donors (Lipinski definition) is 2. The molecule has 0 saturated carbocycles. The fourth-order valence-corrected chi connectivity index (χ4v) is 2.52. The Morgan fingerprint density at radius 2 is 2.21 bits per heavy atom. The zero-order chi connectivity index (χ0) is 13.8. The van der Waals surface area contributed by atoms with Crippen LogP contribution in [0.5, 0.6) is 0 Å². The van der Waals surface area contributed by atoms with Crippen molar-refractivity contribution in [1.82, 2.24) is 4.98 Å². The predicted octanol–water partition coefficient (Wildman–Crippen LogP) is 3.63. The van der Waals surface area contributed by atoms with E-state index in [1.54, 1.807) is 23.5 Å². The van der Waals surface area contributed by atoms with Gasteiger partial charge < -0.3 is 11.1 Å². The summed E-state index contributed by atoms with van der Waals surface area (Å²) < 4.78 is 25.7. The van der Waals surface area contributed by atoms with Gasteiger partial charge in [-0.2, -0.15) is 0 Å². The second-order valence-corrected chi connectivity index (χ2v) is 5.15. The van der Waals surface area contributed by atoms with Gasteiger partial charge in [-0.05, 0) is 25.1 Å². The molecule has 3 N–H and O–H groups in total. The lowest BCUT2D eigenvalue weighted by Crippen LogP contribution is -2.07. The van der Waals surface area contributed by atoms with E-state index in [1.807, 2.05) is 12.3 Å². The smallest absolute Gasteiger partial charge is 0.265 e. The molecule has 3 nitrogen and oxygen atoms in total. The van der Waals surface area contributed by atoms with Crippen molar-refractivity contribution >= 4 is 22.7 Å². The van der Waals surface area contributed by atoms with Gasteiger partial charge in [-0.15, -0.1) is 11.3 Å². The molecule has 0 radical (unpaired) electrons. The summed E-state index contributed by atoms with van der Waals surface area (Å²) >= 11 is 1.58.